The zero-order chi connectivity index (χ0) is 24.7. The molecule has 2 aromatic heterocycles. The third kappa shape index (κ3) is 4.76. The molecular formula is C27H35N5O3. The number of fused-ring (bicyclic) bond motifs is 2. The van der Waals surface area contributed by atoms with Crippen molar-refractivity contribution in [2.24, 2.45) is 11.8 Å². The minimum Gasteiger partial charge on any atom is -0.479 e. The summed E-state index contributed by atoms with van der Waals surface area (Å²) in [6, 6.07) is 9.81. The van der Waals surface area contributed by atoms with Crippen LogP contribution in [0.2, 0.25) is 0 Å². The van der Waals surface area contributed by atoms with Gasteiger partial charge in [0.05, 0.1) is 16.9 Å². The summed E-state index contributed by atoms with van der Waals surface area (Å²) in [5.74, 6) is 2.14. The van der Waals surface area contributed by atoms with Crippen molar-refractivity contribution in [3.8, 4) is 11.4 Å². The van der Waals surface area contributed by atoms with Crippen LogP contribution in [0.3, 0.4) is 0 Å². The molecule has 2 fully saturated rings. The second kappa shape index (κ2) is 9.22. The molecule has 0 spiro atoms. The molecular weight excluding hydrogens is 442 g/mol. The summed E-state index contributed by atoms with van der Waals surface area (Å²) >= 11 is 0. The first-order valence-electron chi connectivity index (χ1n) is 12.7. The Bertz CT molecular complexity index is 1220. The number of aryl methyl sites for hydroxylation is 1. The second-order valence-corrected chi connectivity index (χ2v) is 10.9. The topological polar surface area (TPSA) is 92.9 Å². The van der Waals surface area contributed by atoms with Gasteiger partial charge in [0.2, 0.25) is 0 Å². The molecule has 1 aromatic carbocycles. The van der Waals surface area contributed by atoms with Gasteiger partial charge in [-0.25, -0.2) is 9.78 Å². The van der Waals surface area contributed by atoms with Crippen LogP contribution in [0.1, 0.15) is 70.2 Å². The number of hydrogen-bond acceptors (Lipinski definition) is 6. The lowest BCUT2D eigenvalue weighted by molar-refractivity contribution is -0.160. The first kappa shape index (κ1) is 23.7. The van der Waals surface area contributed by atoms with E-state index in [0.29, 0.717) is 28.8 Å². The van der Waals surface area contributed by atoms with Crippen molar-refractivity contribution in [3.05, 3.63) is 41.6 Å². The Hall–Kier alpha value is -3.00. The maximum absolute atomic E-state index is 12.5. The van der Waals surface area contributed by atoms with Crippen LogP contribution >= 0.6 is 0 Å². The Morgan fingerprint density at radius 2 is 1.80 bits per heavy atom. The van der Waals surface area contributed by atoms with Gasteiger partial charge in [-0.2, -0.15) is 9.50 Å². The fourth-order valence-electron chi connectivity index (χ4n) is 5.70. The number of anilines is 1. The summed E-state index contributed by atoms with van der Waals surface area (Å²) < 4.78 is 7.86. The number of hydrogen-bond donors (Lipinski definition) is 1. The zero-order valence-electron chi connectivity index (χ0n) is 21.1. The molecule has 3 heterocycles. The monoisotopic (exact) mass is 477 g/mol. The first-order valence-corrected chi connectivity index (χ1v) is 12.7. The summed E-state index contributed by atoms with van der Waals surface area (Å²) in [6.07, 6.45) is 5.04. The van der Waals surface area contributed by atoms with E-state index in [1.54, 1.807) is 4.52 Å². The summed E-state index contributed by atoms with van der Waals surface area (Å²) in [6.45, 7) is 9.22. The van der Waals surface area contributed by atoms with Crippen molar-refractivity contribution in [2.75, 3.05) is 18.0 Å². The average Bonchev–Trinajstić information content (AvgIpc) is 3.25. The van der Waals surface area contributed by atoms with Crippen molar-refractivity contribution < 1.29 is 14.6 Å². The third-order valence-corrected chi connectivity index (χ3v) is 7.27. The lowest BCUT2D eigenvalue weighted by Crippen LogP contribution is -2.43. The van der Waals surface area contributed by atoms with Gasteiger partial charge in [0.15, 0.2) is 11.9 Å². The fraction of sp³-hybridized carbons (Fsp3) is 0.556. The number of piperidine rings is 1. The van der Waals surface area contributed by atoms with Crippen molar-refractivity contribution in [1.82, 2.24) is 19.6 Å². The van der Waals surface area contributed by atoms with Gasteiger partial charge < -0.3 is 14.7 Å². The molecule has 0 amide bonds. The molecule has 0 bridgehead atoms. The van der Waals surface area contributed by atoms with Gasteiger partial charge in [-0.05, 0) is 52.4 Å². The SMILES string of the molecule is Cc1nc2nc(-c3ccccc3)nn2c(N2CC[C@H]3CCCC[C@@H]3C2)c1C(OC(C)(C)C)C(=O)O. The van der Waals surface area contributed by atoms with E-state index in [0.717, 1.165) is 36.8 Å². The standard InChI is InChI=1S/C27H35N5O3/c1-17-21(22(25(33)34)35-27(2,3)4)24(31-15-14-18-10-8-9-13-20(18)16-31)32-26(28-17)29-23(30-32)19-11-6-5-7-12-19/h5-7,11-12,18,20,22H,8-10,13-16H2,1-4H3,(H,33,34)/t18-,20-,22?/m1/s1. The van der Waals surface area contributed by atoms with Gasteiger partial charge >= 0.3 is 5.97 Å². The maximum Gasteiger partial charge on any atom is 0.337 e. The van der Waals surface area contributed by atoms with Crippen LogP contribution in [0.25, 0.3) is 17.2 Å². The van der Waals surface area contributed by atoms with Crippen molar-refractivity contribution >= 4 is 17.6 Å². The molecule has 5 rings (SSSR count). The van der Waals surface area contributed by atoms with Crippen LogP contribution in [0.5, 0.6) is 0 Å². The molecule has 3 aromatic rings. The first-order chi connectivity index (χ1) is 16.7. The van der Waals surface area contributed by atoms with E-state index in [4.69, 9.17) is 19.8 Å². The van der Waals surface area contributed by atoms with Crippen molar-refractivity contribution in [1.29, 1.82) is 0 Å². The zero-order valence-corrected chi connectivity index (χ0v) is 21.1. The summed E-state index contributed by atoms with van der Waals surface area (Å²) in [4.78, 5) is 24.3. The van der Waals surface area contributed by atoms with Gasteiger partial charge in [0, 0.05) is 18.7 Å². The molecule has 1 unspecified atom stereocenters. The number of benzene rings is 1. The number of carboxylic acid groups (broad SMARTS) is 1. The Morgan fingerprint density at radius 1 is 1.09 bits per heavy atom. The Labute approximate surface area is 206 Å². The van der Waals surface area contributed by atoms with Crippen LogP contribution in [0, 0.1) is 18.8 Å². The molecule has 2 aliphatic rings. The molecule has 1 saturated carbocycles. The molecule has 1 aliphatic heterocycles. The van der Waals surface area contributed by atoms with Gasteiger partial charge in [-0.3, -0.25) is 0 Å². The third-order valence-electron chi connectivity index (χ3n) is 7.27. The molecule has 1 saturated heterocycles. The van der Waals surface area contributed by atoms with Crippen LogP contribution in [0.15, 0.2) is 30.3 Å². The van der Waals surface area contributed by atoms with Crippen LogP contribution in [0.4, 0.5) is 5.82 Å². The normalized spacial score (nSPS) is 21.7. The fourth-order valence-corrected chi connectivity index (χ4v) is 5.70. The average molecular weight is 478 g/mol. The van der Waals surface area contributed by atoms with Crippen molar-refractivity contribution in [3.63, 3.8) is 0 Å². The molecule has 1 aliphatic carbocycles. The quantitative estimate of drug-likeness (QED) is 0.549. The number of aromatic nitrogens is 4. The molecule has 1 N–H and O–H groups in total. The highest BCUT2D eigenvalue weighted by Crippen LogP contribution is 2.41. The summed E-state index contributed by atoms with van der Waals surface area (Å²) in [7, 11) is 0. The molecule has 0 radical (unpaired) electrons. The predicted molar refractivity (Wildman–Crippen MR) is 134 cm³/mol. The van der Waals surface area contributed by atoms with Gasteiger partial charge in [-0.15, -0.1) is 5.10 Å². The van der Waals surface area contributed by atoms with E-state index in [-0.39, 0.29) is 0 Å². The number of carboxylic acids is 1. The Balaban J connectivity index is 1.68. The number of carbonyl (C=O) groups is 1. The molecule has 3 atom stereocenters. The molecule has 8 nitrogen and oxygen atoms in total. The van der Waals surface area contributed by atoms with E-state index in [2.05, 4.69) is 4.90 Å². The van der Waals surface area contributed by atoms with Crippen molar-refractivity contribution in [2.45, 2.75) is 71.5 Å². The molecule has 35 heavy (non-hydrogen) atoms. The highest BCUT2D eigenvalue weighted by atomic mass is 16.5. The van der Waals surface area contributed by atoms with Crippen LogP contribution in [-0.4, -0.2) is 49.3 Å². The lowest BCUT2D eigenvalue weighted by atomic mass is 9.75. The smallest absolute Gasteiger partial charge is 0.337 e. The van der Waals surface area contributed by atoms with Gasteiger partial charge in [0.1, 0.15) is 5.82 Å². The largest absolute Gasteiger partial charge is 0.479 e. The Kier molecular flexibility index (Phi) is 6.25. The summed E-state index contributed by atoms with van der Waals surface area (Å²) in [5, 5.41) is 15.1. The second-order valence-electron chi connectivity index (χ2n) is 10.9. The Morgan fingerprint density at radius 3 is 2.49 bits per heavy atom. The molecule has 186 valence electrons. The number of rotatable bonds is 5. The minimum atomic E-state index is -1.16. The summed E-state index contributed by atoms with van der Waals surface area (Å²) in [5.41, 5.74) is 1.44. The van der Waals surface area contributed by atoms with E-state index in [1.807, 2.05) is 58.0 Å². The maximum atomic E-state index is 12.5. The number of ether oxygens (including phenoxy) is 1. The van der Waals surface area contributed by atoms with E-state index in [9.17, 15) is 9.90 Å². The van der Waals surface area contributed by atoms with Gasteiger partial charge in [-0.1, -0.05) is 49.6 Å². The van der Waals surface area contributed by atoms with E-state index >= 15 is 0 Å². The van der Waals surface area contributed by atoms with Crippen LogP contribution in [-0.2, 0) is 9.53 Å². The number of aliphatic carboxylic acids is 1. The van der Waals surface area contributed by atoms with Gasteiger partial charge in [0.25, 0.3) is 5.78 Å². The van der Waals surface area contributed by atoms with E-state index < -0.39 is 17.7 Å². The molecule has 8 heteroatoms. The van der Waals surface area contributed by atoms with E-state index in [1.165, 1.54) is 25.7 Å². The minimum absolute atomic E-state index is 0.478. The highest BCUT2D eigenvalue weighted by Gasteiger charge is 2.38. The predicted octanol–water partition coefficient (Wildman–Crippen LogP) is 5.06. The highest BCUT2D eigenvalue weighted by molar-refractivity contribution is 5.78. The van der Waals surface area contributed by atoms with Crippen LogP contribution < -0.4 is 4.90 Å². The lowest BCUT2D eigenvalue weighted by Gasteiger charge is -2.43. The number of nitrogens with zero attached hydrogens (tertiary/aromatic N) is 5.